The lowest BCUT2D eigenvalue weighted by Crippen LogP contribution is -2.47. The number of nitriles is 1. The second-order valence-corrected chi connectivity index (χ2v) is 2.32. The summed E-state index contributed by atoms with van der Waals surface area (Å²) in [5, 5.41) is 9.42. The molecule has 5 N–H and O–H groups in total. The Balaban J connectivity index is 3.07. The third-order valence-corrected chi connectivity index (χ3v) is 1.52. The van der Waals surface area contributed by atoms with Crippen LogP contribution in [0.5, 0.6) is 0 Å². The Hall–Kier alpha value is -2.17. The molecule has 0 atom stereocenters. The molecule has 14 heavy (non-hydrogen) atoms. The van der Waals surface area contributed by atoms with Crippen molar-refractivity contribution >= 4 is 11.7 Å². The molecule has 72 valence electrons. The molecule has 1 rings (SSSR count). The van der Waals surface area contributed by atoms with Crippen LogP contribution >= 0.6 is 0 Å². The van der Waals surface area contributed by atoms with Crippen molar-refractivity contribution in [1.29, 1.82) is 5.26 Å². The van der Waals surface area contributed by atoms with Gasteiger partial charge in [0.25, 0.3) is 0 Å². The van der Waals surface area contributed by atoms with E-state index in [1.54, 1.807) is 0 Å². The number of nitrogens with one attached hydrogen (secondary N) is 1. The molecule has 1 aromatic heterocycles. The minimum atomic E-state index is -0.715. The van der Waals surface area contributed by atoms with Crippen molar-refractivity contribution in [3.05, 3.63) is 24.0 Å². The van der Waals surface area contributed by atoms with Gasteiger partial charge in [0.1, 0.15) is 6.07 Å². The van der Waals surface area contributed by atoms with E-state index in [9.17, 15) is 4.79 Å². The van der Waals surface area contributed by atoms with Crippen LogP contribution in [0, 0.1) is 11.3 Å². The van der Waals surface area contributed by atoms with Gasteiger partial charge in [-0.15, -0.1) is 0 Å². The second-order valence-electron chi connectivity index (χ2n) is 2.32. The fourth-order valence-corrected chi connectivity index (χ4v) is 0.862. The van der Waals surface area contributed by atoms with E-state index in [-0.39, 0.29) is 11.3 Å². The zero-order chi connectivity index (χ0) is 10.6. The van der Waals surface area contributed by atoms with Gasteiger partial charge >= 0.3 is 6.03 Å². The van der Waals surface area contributed by atoms with Gasteiger partial charge in [0, 0.05) is 12.4 Å². The van der Waals surface area contributed by atoms with Crippen LogP contribution in [0.1, 0.15) is 5.56 Å². The average molecular weight is 192 g/mol. The topological polar surface area (TPSA) is 121 Å². The van der Waals surface area contributed by atoms with Gasteiger partial charge in [0.05, 0.1) is 11.3 Å². The van der Waals surface area contributed by atoms with Crippen LogP contribution in [0.2, 0.25) is 0 Å². The van der Waals surface area contributed by atoms with Gasteiger partial charge in [0.2, 0.25) is 0 Å². The predicted octanol–water partition coefficient (Wildman–Crippen LogP) is -0.783. The number of rotatable bonds is 1. The molecule has 0 radical (unpaired) electrons. The van der Waals surface area contributed by atoms with Crippen molar-refractivity contribution < 1.29 is 4.79 Å². The molecule has 1 aromatic rings. The molecule has 0 aliphatic carbocycles. The highest BCUT2D eigenvalue weighted by Crippen LogP contribution is 2.14. The summed E-state index contributed by atoms with van der Waals surface area (Å²) in [5.74, 6) is 10.3. The van der Waals surface area contributed by atoms with E-state index in [0.717, 1.165) is 5.01 Å². The largest absolute Gasteiger partial charge is 0.350 e. The van der Waals surface area contributed by atoms with E-state index in [1.165, 1.54) is 18.5 Å². The maximum atomic E-state index is 11.0. The van der Waals surface area contributed by atoms with E-state index in [4.69, 9.17) is 16.9 Å². The number of carbonyl (C=O) groups excluding carboxylic acids is 1. The number of pyridine rings is 1. The Morgan fingerprint density at radius 2 is 2.43 bits per heavy atom. The van der Waals surface area contributed by atoms with Crippen molar-refractivity contribution in [2.45, 2.75) is 0 Å². The number of nitrogens with two attached hydrogens (primary N) is 2. The minimum Gasteiger partial charge on any atom is -0.274 e. The summed E-state index contributed by atoms with van der Waals surface area (Å²) < 4.78 is 0. The zero-order valence-corrected chi connectivity index (χ0v) is 7.14. The quantitative estimate of drug-likeness (QED) is 0.306. The van der Waals surface area contributed by atoms with Crippen LogP contribution in [0.15, 0.2) is 18.5 Å². The first kappa shape index (κ1) is 9.91. The normalized spacial score (nSPS) is 8.93. The number of amides is 2. The van der Waals surface area contributed by atoms with Crippen LogP contribution in [-0.2, 0) is 0 Å². The smallest absolute Gasteiger partial charge is 0.274 e. The van der Waals surface area contributed by atoms with Gasteiger partial charge in [-0.1, -0.05) is 0 Å². The highest BCUT2D eigenvalue weighted by molar-refractivity contribution is 5.91. The molecule has 0 bridgehead atoms. The fraction of sp³-hybridized carbons (Fsp3) is 0. The number of nitrogens with zero attached hydrogens (tertiary/aromatic N) is 3. The minimum absolute atomic E-state index is 0.193. The van der Waals surface area contributed by atoms with Crippen molar-refractivity contribution in [2.75, 3.05) is 5.01 Å². The Labute approximate surface area is 79.9 Å². The van der Waals surface area contributed by atoms with Gasteiger partial charge in [0.15, 0.2) is 0 Å². The fourth-order valence-electron chi connectivity index (χ4n) is 0.862. The Morgan fingerprint density at radius 3 is 3.00 bits per heavy atom. The maximum absolute atomic E-state index is 11.0. The predicted molar refractivity (Wildman–Crippen MR) is 48.3 cm³/mol. The number of hydrogen-bond donors (Lipinski definition) is 3. The highest BCUT2D eigenvalue weighted by Gasteiger charge is 2.13. The number of urea groups is 1. The first-order valence-electron chi connectivity index (χ1n) is 3.60. The monoisotopic (exact) mass is 192 g/mol. The lowest BCUT2D eigenvalue weighted by molar-refractivity contribution is 0.246. The van der Waals surface area contributed by atoms with Crippen molar-refractivity contribution in [2.24, 2.45) is 11.7 Å². The molecule has 2 amide bonds. The Morgan fingerprint density at radius 1 is 1.71 bits per heavy atom. The standard InChI is InChI=1S/C7H8N6O/c8-3-5-4-11-2-1-6(5)13(10)7(14)12-9/h1-2,4H,9-10H2,(H,12,14). The SMILES string of the molecule is N#Cc1cnccc1N(N)C(=O)NN. The number of hydrogen-bond acceptors (Lipinski definition) is 5. The molecule has 0 aromatic carbocycles. The van der Waals surface area contributed by atoms with Crippen LogP contribution in [-0.4, -0.2) is 11.0 Å². The van der Waals surface area contributed by atoms with Crippen LogP contribution < -0.4 is 22.1 Å². The van der Waals surface area contributed by atoms with Crippen LogP contribution in [0.3, 0.4) is 0 Å². The number of carbonyl (C=O) groups is 1. The molecular weight excluding hydrogens is 184 g/mol. The second kappa shape index (κ2) is 4.18. The average Bonchev–Trinajstić information content (AvgIpc) is 2.26. The maximum Gasteiger partial charge on any atom is 0.350 e. The van der Waals surface area contributed by atoms with Gasteiger partial charge < -0.3 is 0 Å². The third-order valence-electron chi connectivity index (χ3n) is 1.52. The third kappa shape index (κ3) is 1.77. The molecule has 0 fully saturated rings. The molecule has 0 saturated carbocycles. The summed E-state index contributed by atoms with van der Waals surface area (Å²) in [6, 6.07) is 2.57. The van der Waals surface area contributed by atoms with Gasteiger partial charge in [-0.25, -0.2) is 21.5 Å². The van der Waals surface area contributed by atoms with E-state index < -0.39 is 6.03 Å². The van der Waals surface area contributed by atoms with Gasteiger partial charge in [-0.05, 0) is 6.07 Å². The summed E-state index contributed by atoms with van der Waals surface area (Å²) in [4.78, 5) is 14.7. The Kier molecular flexibility index (Phi) is 2.96. The molecule has 0 aliphatic rings. The first-order chi connectivity index (χ1) is 6.70. The molecule has 1 heterocycles. The molecule has 0 aliphatic heterocycles. The lowest BCUT2D eigenvalue weighted by atomic mass is 10.2. The Bertz CT molecular complexity index is 384. The molecule has 0 saturated heterocycles. The zero-order valence-electron chi connectivity index (χ0n) is 7.14. The number of anilines is 1. The molecule has 7 nitrogen and oxygen atoms in total. The van der Waals surface area contributed by atoms with Crippen LogP contribution in [0.25, 0.3) is 0 Å². The van der Waals surface area contributed by atoms with Crippen molar-refractivity contribution in [3.63, 3.8) is 0 Å². The highest BCUT2D eigenvalue weighted by atomic mass is 16.2. The summed E-state index contributed by atoms with van der Waals surface area (Å²) in [7, 11) is 0. The van der Waals surface area contributed by atoms with E-state index in [2.05, 4.69) is 4.98 Å². The molecule has 0 unspecified atom stereocenters. The van der Waals surface area contributed by atoms with Crippen molar-refractivity contribution in [3.8, 4) is 6.07 Å². The lowest BCUT2D eigenvalue weighted by Gasteiger charge is -2.15. The molecule has 0 spiro atoms. The molecule has 7 heteroatoms. The van der Waals surface area contributed by atoms with Gasteiger partial charge in [-0.3, -0.25) is 10.4 Å². The van der Waals surface area contributed by atoms with E-state index in [1.807, 2.05) is 11.5 Å². The van der Waals surface area contributed by atoms with Crippen molar-refractivity contribution in [1.82, 2.24) is 10.4 Å². The summed E-state index contributed by atoms with van der Waals surface area (Å²) in [5.41, 5.74) is 2.28. The van der Waals surface area contributed by atoms with Gasteiger partial charge in [-0.2, -0.15) is 5.26 Å². The van der Waals surface area contributed by atoms with Crippen LogP contribution in [0.4, 0.5) is 10.5 Å². The number of hydrazine groups is 2. The van der Waals surface area contributed by atoms with E-state index in [0.29, 0.717) is 0 Å². The summed E-state index contributed by atoms with van der Waals surface area (Å²) in [6.45, 7) is 0. The number of aromatic nitrogens is 1. The molecular formula is C7H8N6O. The summed E-state index contributed by atoms with van der Waals surface area (Å²) >= 11 is 0. The van der Waals surface area contributed by atoms with E-state index >= 15 is 0 Å². The first-order valence-corrected chi connectivity index (χ1v) is 3.60. The summed E-state index contributed by atoms with van der Waals surface area (Å²) in [6.07, 6.45) is 2.72.